The molecule has 0 spiro atoms. The SMILES string of the molecule is Cc1csc(NC(=O)CSc2ccc(-c3ccc4ccccc4c3)nn2)n1. The van der Waals surface area contributed by atoms with Gasteiger partial charge in [-0.1, -0.05) is 48.2 Å². The Labute approximate surface area is 164 Å². The topological polar surface area (TPSA) is 67.8 Å². The highest BCUT2D eigenvalue weighted by Gasteiger charge is 2.08. The first kappa shape index (κ1) is 17.6. The molecule has 0 fully saturated rings. The molecule has 2 heterocycles. The Kier molecular flexibility index (Phi) is 5.13. The molecule has 4 aromatic rings. The van der Waals surface area contributed by atoms with Crippen LogP contribution in [-0.2, 0) is 4.79 Å². The van der Waals surface area contributed by atoms with Crippen LogP contribution >= 0.6 is 23.1 Å². The highest BCUT2D eigenvalue weighted by molar-refractivity contribution is 7.99. The number of anilines is 1. The summed E-state index contributed by atoms with van der Waals surface area (Å²) in [6.45, 7) is 1.90. The summed E-state index contributed by atoms with van der Waals surface area (Å²) in [6.07, 6.45) is 0. The molecule has 0 aliphatic rings. The summed E-state index contributed by atoms with van der Waals surface area (Å²) in [7, 11) is 0. The third kappa shape index (κ3) is 4.32. The Hall–Kier alpha value is -2.77. The largest absolute Gasteiger partial charge is 0.301 e. The fraction of sp³-hybridized carbons (Fsp3) is 0.100. The van der Waals surface area contributed by atoms with Crippen LogP contribution in [0.1, 0.15) is 5.69 Å². The van der Waals surface area contributed by atoms with Crippen molar-refractivity contribution in [2.24, 2.45) is 0 Å². The molecule has 0 saturated heterocycles. The van der Waals surface area contributed by atoms with Gasteiger partial charge in [-0.2, -0.15) is 0 Å². The number of carbonyl (C=O) groups excluding carboxylic acids is 1. The monoisotopic (exact) mass is 392 g/mol. The second-order valence-electron chi connectivity index (χ2n) is 5.95. The number of thiazole rings is 1. The molecule has 0 aliphatic carbocycles. The van der Waals surface area contributed by atoms with Crippen LogP contribution in [0, 0.1) is 6.92 Å². The van der Waals surface area contributed by atoms with Gasteiger partial charge in [-0.3, -0.25) is 4.79 Å². The molecule has 7 heteroatoms. The molecule has 0 radical (unpaired) electrons. The minimum atomic E-state index is -0.102. The van der Waals surface area contributed by atoms with E-state index in [1.807, 2.05) is 42.6 Å². The molecule has 2 aromatic carbocycles. The van der Waals surface area contributed by atoms with E-state index in [1.165, 1.54) is 33.9 Å². The van der Waals surface area contributed by atoms with Crippen molar-refractivity contribution in [3.8, 4) is 11.3 Å². The van der Waals surface area contributed by atoms with Gasteiger partial charge in [0, 0.05) is 10.9 Å². The molecule has 134 valence electrons. The number of hydrogen-bond donors (Lipinski definition) is 1. The fourth-order valence-corrected chi connectivity index (χ4v) is 3.92. The van der Waals surface area contributed by atoms with Crippen molar-refractivity contribution < 1.29 is 4.79 Å². The van der Waals surface area contributed by atoms with Gasteiger partial charge in [0.25, 0.3) is 0 Å². The molecule has 0 bridgehead atoms. The molecule has 1 N–H and O–H groups in total. The highest BCUT2D eigenvalue weighted by atomic mass is 32.2. The summed E-state index contributed by atoms with van der Waals surface area (Å²) >= 11 is 2.77. The summed E-state index contributed by atoms with van der Waals surface area (Å²) in [4.78, 5) is 16.2. The summed E-state index contributed by atoms with van der Waals surface area (Å²) in [5, 5.41) is 16.9. The summed E-state index contributed by atoms with van der Waals surface area (Å²) < 4.78 is 0. The smallest absolute Gasteiger partial charge is 0.236 e. The van der Waals surface area contributed by atoms with Crippen molar-refractivity contribution in [2.75, 3.05) is 11.1 Å². The van der Waals surface area contributed by atoms with Crippen molar-refractivity contribution in [1.29, 1.82) is 0 Å². The zero-order valence-electron chi connectivity index (χ0n) is 14.5. The van der Waals surface area contributed by atoms with Gasteiger partial charge in [0.15, 0.2) is 5.13 Å². The number of amides is 1. The second kappa shape index (κ2) is 7.85. The molecule has 1 amide bonds. The number of aryl methyl sites for hydroxylation is 1. The first-order valence-electron chi connectivity index (χ1n) is 8.35. The molecular weight excluding hydrogens is 376 g/mol. The van der Waals surface area contributed by atoms with E-state index in [0.29, 0.717) is 10.2 Å². The zero-order valence-corrected chi connectivity index (χ0v) is 16.2. The van der Waals surface area contributed by atoms with E-state index in [0.717, 1.165) is 17.0 Å². The van der Waals surface area contributed by atoms with E-state index < -0.39 is 0 Å². The van der Waals surface area contributed by atoms with Gasteiger partial charge in [0.1, 0.15) is 5.03 Å². The van der Waals surface area contributed by atoms with Gasteiger partial charge in [0.05, 0.1) is 17.1 Å². The summed E-state index contributed by atoms with van der Waals surface area (Å²) in [6, 6.07) is 18.3. The third-order valence-electron chi connectivity index (χ3n) is 3.90. The lowest BCUT2D eigenvalue weighted by atomic mass is 10.1. The molecular formula is C20H16N4OS2. The molecule has 5 nitrogen and oxygen atoms in total. The predicted octanol–water partition coefficient (Wildman–Crippen LogP) is 4.79. The quantitative estimate of drug-likeness (QED) is 0.495. The third-order valence-corrected chi connectivity index (χ3v) is 5.70. The maximum absolute atomic E-state index is 12.0. The van der Waals surface area contributed by atoms with Crippen molar-refractivity contribution >= 4 is 44.9 Å². The van der Waals surface area contributed by atoms with E-state index in [9.17, 15) is 4.79 Å². The van der Waals surface area contributed by atoms with Crippen LogP contribution in [-0.4, -0.2) is 26.8 Å². The molecule has 4 rings (SSSR count). The number of nitrogens with zero attached hydrogens (tertiary/aromatic N) is 3. The minimum absolute atomic E-state index is 0.102. The normalized spacial score (nSPS) is 10.9. The lowest BCUT2D eigenvalue weighted by Crippen LogP contribution is -2.14. The number of benzene rings is 2. The van der Waals surface area contributed by atoms with Gasteiger partial charge < -0.3 is 5.32 Å². The lowest BCUT2D eigenvalue weighted by molar-refractivity contribution is -0.113. The van der Waals surface area contributed by atoms with E-state index in [-0.39, 0.29) is 11.7 Å². The predicted molar refractivity (Wildman–Crippen MR) is 111 cm³/mol. The molecule has 2 aromatic heterocycles. The van der Waals surface area contributed by atoms with Crippen LogP contribution in [0.15, 0.2) is 65.0 Å². The standard InChI is InChI=1S/C20H16N4OS2/c1-13-11-27-20(21-13)22-18(25)12-26-19-9-8-17(23-24-19)16-7-6-14-4-2-3-5-15(14)10-16/h2-11H,12H2,1H3,(H,21,22,25). The Bertz CT molecular complexity index is 1090. The van der Waals surface area contributed by atoms with E-state index in [2.05, 4.69) is 44.8 Å². The number of aromatic nitrogens is 3. The fourth-order valence-electron chi connectivity index (χ4n) is 2.61. The number of carbonyl (C=O) groups is 1. The first-order chi connectivity index (χ1) is 13.2. The van der Waals surface area contributed by atoms with Gasteiger partial charge >= 0.3 is 0 Å². The molecule has 0 atom stereocenters. The van der Waals surface area contributed by atoms with Crippen LogP contribution in [0.4, 0.5) is 5.13 Å². The maximum atomic E-state index is 12.0. The Balaban J connectivity index is 1.40. The highest BCUT2D eigenvalue weighted by Crippen LogP contribution is 2.24. The number of nitrogens with one attached hydrogen (secondary N) is 1. The Morgan fingerprint density at radius 3 is 2.67 bits per heavy atom. The van der Waals surface area contributed by atoms with Crippen molar-refractivity contribution in [1.82, 2.24) is 15.2 Å². The Morgan fingerprint density at radius 1 is 1.07 bits per heavy atom. The second-order valence-corrected chi connectivity index (χ2v) is 7.80. The van der Waals surface area contributed by atoms with Crippen molar-refractivity contribution in [3.63, 3.8) is 0 Å². The van der Waals surface area contributed by atoms with Crippen LogP contribution in [0.3, 0.4) is 0 Å². The van der Waals surface area contributed by atoms with E-state index >= 15 is 0 Å². The van der Waals surface area contributed by atoms with Crippen molar-refractivity contribution in [3.05, 3.63) is 65.7 Å². The first-order valence-corrected chi connectivity index (χ1v) is 10.2. The van der Waals surface area contributed by atoms with Gasteiger partial charge in [0.2, 0.25) is 5.91 Å². The van der Waals surface area contributed by atoms with Gasteiger partial charge in [-0.05, 0) is 35.9 Å². The molecule has 27 heavy (non-hydrogen) atoms. The van der Waals surface area contributed by atoms with Gasteiger partial charge in [-0.25, -0.2) is 4.98 Å². The average Bonchev–Trinajstić information content (AvgIpc) is 3.11. The summed E-state index contributed by atoms with van der Waals surface area (Å²) in [5.74, 6) is 0.164. The van der Waals surface area contributed by atoms with Crippen LogP contribution < -0.4 is 5.32 Å². The number of fused-ring (bicyclic) bond motifs is 1. The number of hydrogen-bond acceptors (Lipinski definition) is 6. The maximum Gasteiger partial charge on any atom is 0.236 e. The molecule has 0 unspecified atom stereocenters. The molecule has 0 saturated carbocycles. The van der Waals surface area contributed by atoms with Crippen LogP contribution in [0.5, 0.6) is 0 Å². The van der Waals surface area contributed by atoms with Crippen LogP contribution in [0.25, 0.3) is 22.0 Å². The number of rotatable bonds is 5. The van der Waals surface area contributed by atoms with Gasteiger partial charge in [-0.15, -0.1) is 21.5 Å². The van der Waals surface area contributed by atoms with E-state index in [4.69, 9.17) is 0 Å². The van der Waals surface area contributed by atoms with E-state index in [1.54, 1.807) is 0 Å². The number of thioether (sulfide) groups is 1. The zero-order chi connectivity index (χ0) is 18.6. The Morgan fingerprint density at radius 2 is 1.93 bits per heavy atom. The van der Waals surface area contributed by atoms with Crippen LogP contribution in [0.2, 0.25) is 0 Å². The van der Waals surface area contributed by atoms with Crippen molar-refractivity contribution in [2.45, 2.75) is 11.9 Å². The molecule has 0 aliphatic heterocycles. The lowest BCUT2D eigenvalue weighted by Gasteiger charge is -2.04. The summed E-state index contributed by atoms with van der Waals surface area (Å²) in [5.41, 5.74) is 2.74. The average molecular weight is 393 g/mol. The minimum Gasteiger partial charge on any atom is -0.301 e.